The molecule has 2 nitrogen and oxygen atoms in total. The highest BCUT2D eigenvalue weighted by atomic mass is 79.9. The van der Waals surface area contributed by atoms with E-state index < -0.39 is 0 Å². The maximum atomic E-state index is 5.92. The zero-order valence-corrected chi connectivity index (χ0v) is 13.1. The van der Waals surface area contributed by atoms with Crippen LogP contribution in [0.4, 0.5) is 0 Å². The Morgan fingerprint density at radius 3 is 2.71 bits per heavy atom. The van der Waals surface area contributed by atoms with Crippen LogP contribution in [0.1, 0.15) is 21.4 Å². The second-order valence-corrected chi connectivity index (χ2v) is 7.94. The Labute approximate surface area is 122 Å². The van der Waals surface area contributed by atoms with Crippen molar-refractivity contribution in [3.8, 4) is 0 Å². The molecule has 6 heteroatoms. The fourth-order valence-corrected chi connectivity index (χ4v) is 4.32. The van der Waals surface area contributed by atoms with E-state index in [2.05, 4.69) is 34.3 Å². The van der Waals surface area contributed by atoms with Crippen molar-refractivity contribution in [2.24, 2.45) is 5.84 Å². The maximum Gasteiger partial charge on any atom is 0.0931 e. The summed E-state index contributed by atoms with van der Waals surface area (Å²) in [5.74, 6) is 5.63. The lowest BCUT2D eigenvalue weighted by Gasteiger charge is -2.12. The van der Waals surface area contributed by atoms with Gasteiger partial charge in [0.25, 0.3) is 0 Å². The number of halogens is 2. The number of hydrogen-bond acceptors (Lipinski definition) is 4. The molecule has 0 fully saturated rings. The molecule has 0 bridgehead atoms. The fraction of sp³-hybridized carbons (Fsp3) is 0.273. The van der Waals surface area contributed by atoms with Gasteiger partial charge in [0.2, 0.25) is 0 Å². The van der Waals surface area contributed by atoms with E-state index in [0.717, 1.165) is 14.5 Å². The van der Waals surface area contributed by atoms with Gasteiger partial charge >= 0.3 is 0 Å². The van der Waals surface area contributed by atoms with Gasteiger partial charge in [-0.3, -0.25) is 11.3 Å². The molecule has 0 aliphatic rings. The van der Waals surface area contributed by atoms with Crippen molar-refractivity contribution in [3.05, 3.63) is 41.6 Å². The minimum atomic E-state index is 0.139. The van der Waals surface area contributed by atoms with Crippen LogP contribution in [0.2, 0.25) is 4.34 Å². The summed E-state index contributed by atoms with van der Waals surface area (Å²) in [7, 11) is 0. The lowest BCUT2D eigenvalue weighted by molar-refractivity contribution is 0.564. The van der Waals surface area contributed by atoms with Crippen LogP contribution in [0.15, 0.2) is 22.0 Å². The van der Waals surface area contributed by atoms with Gasteiger partial charge in [-0.2, -0.15) is 0 Å². The van der Waals surface area contributed by atoms with E-state index in [1.807, 2.05) is 12.1 Å². The van der Waals surface area contributed by atoms with Crippen molar-refractivity contribution in [3.63, 3.8) is 0 Å². The SMILES string of the molecule is Cc1cc(C(Cc2ccc(Cl)s2)NN)sc1Br. The molecule has 0 aliphatic heterocycles. The van der Waals surface area contributed by atoms with Crippen LogP contribution >= 0.6 is 50.2 Å². The summed E-state index contributed by atoms with van der Waals surface area (Å²) in [5.41, 5.74) is 4.11. The summed E-state index contributed by atoms with van der Waals surface area (Å²) in [6, 6.07) is 6.27. The average Bonchev–Trinajstić information content (AvgIpc) is 2.83. The number of rotatable bonds is 4. The van der Waals surface area contributed by atoms with Gasteiger partial charge in [-0.25, -0.2) is 0 Å². The Bertz CT molecular complexity index is 490. The molecule has 3 N–H and O–H groups in total. The van der Waals surface area contributed by atoms with Crippen LogP contribution in [0.3, 0.4) is 0 Å². The molecule has 0 radical (unpaired) electrons. The van der Waals surface area contributed by atoms with Crippen molar-refractivity contribution in [2.45, 2.75) is 19.4 Å². The second kappa shape index (κ2) is 5.82. The van der Waals surface area contributed by atoms with Gasteiger partial charge in [-0.05, 0) is 46.6 Å². The monoisotopic (exact) mass is 350 g/mol. The highest BCUT2D eigenvalue weighted by molar-refractivity contribution is 9.11. The third-order valence-corrected chi connectivity index (χ3v) is 5.96. The minimum Gasteiger partial charge on any atom is -0.271 e. The molecule has 17 heavy (non-hydrogen) atoms. The standard InChI is InChI=1S/C11H12BrClN2S2/c1-6-4-9(17-11(6)12)8(15-14)5-7-2-3-10(13)16-7/h2-4,8,15H,5,14H2,1H3. The molecule has 2 rings (SSSR count). The van der Waals surface area contributed by atoms with Crippen molar-refractivity contribution >= 4 is 50.2 Å². The third kappa shape index (κ3) is 3.30. The molecule has 2 heterocycles. The van der Waals surface area contributed by atoms with Crippen LogP contribution < -0.4 is 11.3 Å². The van der Waals surface area contributed by atoms with E-state index >= 15 is 0 Å². The molecule has 0 spiro atoms. The van der Waals surface area contributed by atoms with Gasteiger partial charge in [0, 0.05) is 16.2 Å². The Morgan fingerprint density at radius 1 is 1.47 bits per heavy atom. The molecule has 1 atom stereocenters. The predicted molar refractivity (Wildman–Crippen MR) is 79.9 cm³/mol. The van der Waals surface area contributed by atoms with Crippen molar-refractivity contribution < 1.29 is 0 Å². The van der Waals surface area contributed by atoms with Crippen molar-refractivity contribution in [1.29, 1.82) is 0 Å². The van der Waals surface area contributed by atoms with Crippen molar-refractivity contribution in [1.82, 2.24) is 5.43 Å². The number of aryl methyl sites for hydroxylation is 1. The predicted octanol–water partition coefficient (Wildman–Crippen LogP) is 4.28. The molecule has 2 aromatic rings. The van der Waals surface area contributed by atoms with Gasteiger partial charge in [-0.1, -0.05) is 11.6 Å². The minimum absolute atomic E-state index is 0.139. The number of nitrogens with one attached hydrogen (secondary N) is 1. The molecule has 92 valence electrons. The Balaban J connectivity index is 2.16. The van der Waals surface area contributed by atoms with Crippen LogP contribution in [-0.4, -0.2) is 0 Å². The van der Waals surface area contributed by atoms with Gasteiger partial charge in [0.1, 0.15) is 0 Å². The highest BCUT2D eigenvalue weighted by Crippen LogP contribution is 2.33. The number of thiophene rings is 2. The lowest BCUT2D eigenvalue weighted by atomic mass is 10.1. The molecule has 0 saturated heterocycles. The second-order valence-electron chi connectivity index (χ2n) is 3.73. The lowest BCUT2D eigenvalue weighted by Crippen LogP contribution is -2.28. The molecular weight excluding hydrogens is 340 g/mol. The molecule has 0 aliphatic carbocycles. The summed E-state index contributed by atoms with van der Waals surface area (Å²) in [6.45, 7) is 2.08. The highest BCUT2D eigenvalue weighted by Gasteiger charge is 2.15. The van der Waals surface area contributed by atoms with E-state index in [1.165, 1.54) is 15.3 Å². The van der Waals surface area contributed by atoms with E-state index in [-0.39, 0.29) is 6.04 Å². The average molecular weight is 352 g/mol. The molecule has 2 aromatic heterocycles. The number of hydrogen-bond donors (Lipinski definition) is 2. The largest absolute Gasteiger partial charge is 0.271 e. The number of hydrazine groups is 1. The maximum absolute atomic E-state index is 5.92. The van der Waals surface area contributed by atoms with Crippen LogP contribution in [-0.2, 0) is 6.42 Å². The fourth-order valence-electron chi connectivity index (χ4n) is 1.56. The molecule has 0 aromatic carbocycles. The molecule has 0 amide bonds. The Hall–Kier alpha value is 0.0900. The summed E-state index contributed by atoms with van der Waals surface area (Å²) < 4.78 is 1.98. The summed E-state index contributed by atoms with van der Waals surface area (Å²) in [4.78, 5) is 2.47. The first-order valence-electron chi connectivity index (χ1n) is 5.06. The van der Waals surface area contributed by atoms with Crippen molar-refractivity contribution in [2.75, 3.05) is 0 Å². The van der Waals surface area contributed by atoms with Gasteiger partial charge in [0.05, 0.1) is 14.2 Å². The Morgan fingerprint density at radius 2 is 2.24 bits per heavy atom. The van der Waals surface area contributed by atoms with Crippen LogP contribution in [0.5, 0.6) is 0 Å². The smallest absolute Gasteiger partial charge is 0.0931 e. The van der Waals surface area contributed by atoms with Gasteiger partial charge in [0.15, 0.2) is 0 Å². The first-order chi connectivity index (χ1) is 8.10. The van der Waals surface area contributed by atoms with E-state index in [0.29, 0.717) is 0 Å². The summed E-state index contributed by atoms with van der Waals surface area (Å²) in [5, 5.41) is 0. The van der Waals surface area contributed by atoms with Gasteiger partial charge < -0.3 is 0 Å². The normalized spacial score (nSPS) is 12.9. The zero-order chi connectivity index (χ0) is 12.4. The molecule has 0 saturated carbocycles. The first kappa shape index (κ1) is 13.5. The molecular formula is C11H12BrClN2S2. The van der Waals surface area contributed by atoms with Crippen LogP contribution in [0, 0.1) is 6.92 Å². The topological polar surface area (TPSA) is 38.0 Å². The van der Waals surface area contributed by atoms with Gasteiger partial charge in [-0.15, -0.1) is 22.7 Å². The van der Waals surface area contributed by atoms with E-state index in [1.54, 1.807) is 22.7 Å². The van der Waals surface area contributed by atoms with E-state index in [9.17, 15) is 0 Å². The quantitative estimate of drug-likeness (QED) is 0.637. The number of nitrogens with two attached hydrogens (primary N) is 1. The van der Waals surface area contributed by atoms with E-state index in [4.69, 9.17) is 17.4 Å². The van der Waals surface area contributed by atoms with Crippen LogP contribution in [0.25, 0.3) is 0 Å². The third-order valence-electron chi connectivity index (χ3n) is 2.46. The summed E-state index contributed by atoms with van der Waals surface area (Å²) in [6.07, 6.45) is 0.861. The zero-order valence-electron chi connectivity index (χ0n) is 9.17. The Kier molecular flexibility index (Phi) is 4.63. The molecule has 1 unspecified atom stereocenters. The summed E-state index contributed by atoms with van der Waals surface area (Å²) >= 11 is 12.8. The first-order valence-corrected chi connectivity index (χ1v) is 7.86.